The summed E-state index contributed by atoms with van der Waals surface area (Å²) in [5, 5.41) is 23.9. The van der Waals surface area contributed by atoms with E-state index in [2.05, 4.69) is 15.3 Å². The molecule has 112 valence electrons. The van der Waals surface area contributed by atoms with Gasteiger partial charge >= 0.3 is 0 Å². The van der Waals surface area contributed by atoms with E-state index in [0.717, 1.165) is 25.7 Å². The fraction of sp³-hybridized carbons (Fsp3) is 0.500. The summed E-state index contributed by atoms with van der Waals surface area (Å²) in [6.45, 7) is 0.656. The number of hydrogen-bond acceptors (Lipinski definition) is 5. The van der Waals surface area contributed by atoms with E-state index in [4.69, 9.17) is 0 Å². The van der Waals surface area contributed by atoms with Gasteiger partial charge in [-0.05, 0) is 18.9 Å². The Morgan fingerprint density at radius 2 is 2.24 bits per heavy atom. The Bertz CT molecular complexity index is 655. The SMILES string of the molecule is O=[N+]([O-])c1ccc2nc(NCC3CCCCC3O)[nH]c2c1. The largest absolute Gasteiger partial charge is 0.393 e. The molecule has 0 bridgehead atoms. The third kappa shape index (κ3) is 2.97. The van der Waals surface area contributed by atoms with Crippen LogP contribution in [-0.2, 0) is 0 Å². The van der Waals surface area contributed by atoms with Crippen molar-refractivity contribution in [3.8, 4) is 0 Å². The molecule has 1 aromatic carbocycles. The van der Waals surface area contributed by atoms with Gasteiger partial charge < -0.3 is 15.4 Å². The summed E-state index contributed by atoms with van der Waals surface area (Å²) in [6, 6.07) is 4.55. The summed E-state index contributed by atoms with van der Waals surface area (Å²) in [6.07, 6.45) is 3.86. The summed E-state index contributed by atoms with van der Waals surface area (Å²) in [5.41, 5.74) is 1.36. The average Bonchev–Trinajstić information content (AvgIpc) is 2.88. The zero-order chi connectivity index (χ0) is 14.8. The van der Waals surface area contributed by atoms with Crippen LogP contribution >= 0.6 is 0 Å². The number of H-pyrrole nitrogens is 1. The Kier molecular flexibility index (Phi) is 3.74. The van der Waals surface area contributed by atoms with Crippen LogP contribution in [0.2, 0.25) is 0 Å². The molecule has 1 aliphatic carbocycles. The lowest BCUT2D eigenvalue weighted by Crippen LogP contribution is -2.30. The van der Waals surface area contributed by atoms with Gasteiger partial charge in [-0.15, -0.1) is 0 Å². The third-order valence-electron chi connectivity index (χ3n) is 4.08. The van der Waals surface area contributed by atoms with Gasteiger partial charge in [0.25, 0.3) is 5.69 Å². The third-order valence-corrected chi connectivity index (χ3v) is 4.08. The summed E-state index contributed by atoms with van der Waals surface area (Å²) >= 11 is 0. The lowest BCUT2D eigenvalue weighted by Gasteiger charge is -2.27. The molecule has 0 saturated heterocycles. The highest BCUT2D eigenvalue weighted by Gasteiger charge is 2.22. The molecule has 1 aromatic heterocycles. The first-order valence-corrected chi connectivity index (χ1v) is 7.19. The van der Waals surface area contributed by atoms with Crippen LogP contribution in [0.3, 0.4) is 0 Å². The first-order chi connectivity index (χ1) is 10.1. The maximum atomic E-state index is 10.7. The molecule has 0 radical (unpaired) electrons. The van der Waals surface area contributed by atoms with E-state index in [1.54, 1.807) is 6.07 Å². The number of nitro benzene ring substituents is 1. The van der Waals surface area contributed by atoms with Gasteiger partial charge in [0, 0.05) is 24.6 Å². The monoisotopic (exact) mass is 290 g/mol. The van der Waals surface area contributed by atoms with E-state index in [1.807, 2.05) is 0 Å². The van der Waals surface area contributed by atoms with Crippen LogP contribution < -0.4 is 5.32 Å². The topological polar surface area (TPSA) is 104 Å². The Hall–Kier alpha value is -2.15. The maximum Gasteiger partial charge on any atom is 0.271 e. The molecule has 2 aromatic rings. The minimum absolute atomic E-state index is 0.0420. The number of aromatic amines is 1. The van der Waals surface area contributed by atoms with Crippen LogP contribution in [0.4, 0.5) is 11.6 Å². The molecule has 0 spiro atoms. The van der Waals surface area contributed by atoms with Gasteiger partial charge in [-0.25, -0.2) is 4.98 Å². The Labute approximate surface area is 121 Å². The van der Waals surface area contributed by atoms with Gasteiger partial charge in [0.1, 0.15) is 0 Å². The van der Waals surface area contributed by atoms with E-state index in [9.17, 15) is 15.2 Å². The molecular formula is C14H18N4O3. The fourth-order valence-corrected chi connectivity index (χ4v) is 2.85. The lowest BCUT2D eigenvalue weighted by atomic mass is 9.86. The summed E-state index contributed by atoms with van der Waals surface area (Å²) < 4.78 is 0. The van der Waals surface area contributed by atoms with Gasteiger partial charge in [0.15, 0.2) is 0 Å². The van der Waals surface area contributed by atoms with E-state index in [1.165, 1.54) is 12.1 Å². The Balaban J connectivity index is 1.71. The van der Waals surface area contributed by atoms with Crippen LogP contribution in [0.25, 0.3) is 11.0 Å². The number of anilines is 1. The van der Waals surface area contributed by atoms with Gasteiger partial charge in [-0.1, -0.05) is 12.8 Å². The number of aromatic nitrogens is 2. The van der Waals surface area contributed by atoms with E-state index < -0.39 is 4.92 Å². The number of aliphatic hydroxyl groups excluding tert-OH is 1. The average molecular weight is 290 g/mol. The highest BCUT2D eigenvalue weighted by atomic mass is 16.6. The van der Waals surface area contributed by atoms with Crippen molar-refractivity contribution in [3.05, 3.63) is 28.3 Å². The van der Waals surface area contributed by atoms with E-state index >= 15 is 0 Å². The van der Waals surface area contributed by atoms with Crippen molar-refractivity contribution in [1.29, 1.82) is 0 Å². The molecular weight excluding hydrogens is 272 g/mol. The van der Waals surface area contributed by atoms with Gasteiger partial charge in [-0.2, -0.15) is 0 Å². The number of nitrogens with zero attached hydrogens (tertiary/aromatic N) is 2. The van der Waals surface area contributed by atoms with Crippen molar-refractivity contribution >= 4 is 22.7 Å². The number of fused-ring (bicyclic) bond motifs is 1. The predicted molar refractivity (Wildman–Crippen MR) is 79.2 cm³/mol. The molecule has 7 heteroatoms. The zero-order valence-corrected chi connectivity index (χ0v) is 11.6. The molecule has 2 unspecified atom stereocenters. The van der Waals surface area contributed by atoms with Crippen LogP contribution in [0.5, 0.6) is 0 Å². The molecule has 0 aliphatic heterocycles. The standard InChI is InChI=1S/C14H18N4O3/c19-13-4-2-1-3-9(13)8-15-14-16-11-6-5-10(18(20)21)7-12(11)17-14/h5-7,9,13,19H,1-4,8H2,(H2,15,16,17). The molecule has 7 nitrogen and oxygen atoms in total. The Morgan fingerprint density at radius 3 is 3.00 bits per heavy atom. The van der Waals surface area contributed by atoms with Crippen molar-refractivity contribution in [2.24, 2.45) is 5.92 Å². The highest BCUT2D eigenvalue weighted by molar-refractivity contribution is 5.79. The predicted octanol–water partition coefficient (Wildman–Crippen LogP) is 2.43. The molecule has 3 rings (SSSR count). The van der Waals surface area contributed by atoms with Crippen molar-refractivity contribution in [2.45, 2.75) is 31.8 Å². The highest BCUT2D eigenvalue weighted by Crippen LogP contribution is 2.25. The van der Waals surface area contributed by atoms with Crippen LogP contribution in [0.1, 0.15) is 25.7 Å². The normalized spacial score (nSPS) is 22.3. The first-order valence-electron chi connectivity index (χ1n) is 7.19. The van der Waals surface area contributed by atoms with Crippen molar-refractivity contribution < 1.29 is 10.0 Å². The number of imidazole rings is 1. The molecule has 1 saturated carbocycles. The molecule has 1 fully saturated rings. The maximum absolute atomic E-state index is 10.7. The second kappa shape index (κ2) is 5.69. The van der Waals surface area contributed by atoms with Gasteiger partial charge in [0.05, 0.1) is 22.1 Å². The smallest absolute Gasteiger partial charge is 0.271 e. The zero-order valence-electron chi connectivity index (χ0n) is 11.6. The number of aliphatic hydroxyl groups is 1. The minimum atomic E-state index is -0.425. The van der Waals surface area contributed by atoms with Crippen molar-refractivity contribution in [3.63, 3.8) is 0 Å². The molecule has 3 N–H and O–H groups in total. The number of nitro groups is 1. The molecule has 0 amide bonds. The molecule has 1 heterocycles. The number of benzene rings is 1. The number of non-ortho nitro benzene ring substituents is 1. The lowest BCUT2D eigenvalue weighted by molar-refractivity contribution is -0.384. The van der Waals surface area contributed by atoms with Gasteiger partial charge in [-0.3, -0.25) is 10.1 Å². The molecule has 2 atom stereocenters. The summed E-state index contributed by atoms with van der Waals surface area (Å²) in [4.78, 5) is 17.7. The summed E-state index contributed by atoms with van der Waals surface area (Å²) in [7, 11) is 0. The Morgan fingerprint density at radius 1 is 1.43 bits per heavy atom. The molecule has 1 aliphatic rings. The second-order valence-corrected chi connectivity index (χ2v) is 5.54. The minimum Gasteiger partial charge on any atom is -0.393 e. The molecule has 21 heavy (non-hydrogen) atoms. The first kappa shape index (κ1) is 13.8. The van der Waals surface area contributed by atoms with Gasteiger partial charge in [0.2, 0.25) is 5.95 Å². The fourth-order valence-electron chi connectivity index (χ4n) is 2.85. The van der Waals surface area contributed by atoms with Crippen molar-refractivity contribution in [2.75, 3.05) is 11.9 Å². The number of rotatable bonds is 4. The van der Waals surface area contributed by atoms with Crippen LogP contribution in [-0.4, -0.2) is 32.6 Å². The summed E-state index contributed by atoms with van der Waals surface area (Å²) in [5.74, 6) is 0.824. The van der Waals surface area contributed by atoms with E-state index in [0.29, 0.717) is 23.5 Å². The second-order valence-electron chi connectivity index (χ2n) is 5.54. The quantitative estimate of drug-likeness (QED) is 0.592. The van der Waals surface area contributed by atoms with Crippen LogP contribution in [0, 0.1) is 16.0 Å². The number of nitrogens with one attached hydrogen (secondary N) is 2. The van der Waals surface area contributed by atoms with Crippen molar-refractivity contribution in [1.82, 2.24) is 9.97 Å². The van der Waals surface area contributed by atoms with E-state index in [-0.39, 0.29) is 17.7 Å². The number of hydrogen-bond donors (Lipinski definition) is 3. The van der Waals surface area contributed by atoms with Crippen LogP contribution in [0.15, 0.2) is 18.2 Å².